The van der Waals surface area contributed by atoms with E-state index in [9.17, 15) is 0 Å². The van der Waals surface area contributed by atoms with E-state index < -0.39 is 0 Å². The Morgan fingerprint density at radius 2 is 1.50 bits per heavy atom. The van der Waals surface area contributed by atoms with Crippen molar-refractivity contribution in [3.8, 4) is 0 Å². The highest BCUT2D eigenvalue weighted by Crippen LogP contribution is 2.51. The van der Waals surface area contributed by atoms with Crippen LogP contribution in [-0.4, -0.2) is 12.2 Å². The molecule has 3 saturated carbocycles. The Balaban J connectivity index is 1.24. The molecule has 3 aliphatic carbocycles. The smallest absolute Gasteiger partial charge is 0.0634 e. The SMILES string of the molecule is CC1CCC(CCC2CCC3CC4CC(O4)C3C2)CC1. The van der Waals surface area contributed by atoms with Crippen molar-refractivity contribution in [3.63, 3.8) is 0 Å². The molecule has 2 bridgehead atoms. The highest BCUT2D eigenvalue weighted by Gasteiger charge is 2.48. The maximum atomic E-state index is 6.00. The zero-order valence-corrected chi connectivity index (χ0v) is 13.2. The van der Waals surface area contributed by atoms with Crippen LogP contribution in [0.15, 0.2) is 0 Å². The Bertz CT molecular complexity index is 325. The van der Waals surface area contributed by atoms with E-state index >= 15 is 0 Å². The van der Waals surface area contributed by atoms with Crippen LogP contribution in [0.5, 0.6) is 0 Å². The number of hydrogen-bond donors (Lipinski definition) is 0. The molecule has 5 unspecified atom stereocenters. The minimum absolute atomic E-state index is 0.669. The van der Waals surface area contributed by atoms with E-state index in [2.05, 4.69) is 6.92 Å². The number of rotatable bonds is 3. The van der Waals surface area contributed by atoms with Gasteiger partial charge in [-0.1, -0.05) is 51.9 Å². The van der Waals surface area contributed by atoms with Gasteiger partial charge in [0.25, 0.3) is 0 Å². The van der Waals surface area contributed by atoms with Crippen molar-refractivity contribution in [1.29, 1.82) is 0 Å². The van der Waals surface area contributed by atoms with Gasteiger partial charge in [-0.05, 0) is 48.9 Å². The summed E-state index contributed by atoms with van der Waals surface area (Å²) < 4.78 is 6.00. The molecular formula is C19H32O. The standard InChI is InChI=1S/C19H32O/c1-13-2-4-14(5-3-13)6-7-15-8-9-16-11-17-12-19(20-17)18(16)10-15/h13-19H,2-12H2,1H3. The van der Waals surface area contributed by atoms with Crippen molar-refractivity contribution in [2.45, 2.75) is 89.8 Å². The Kier molecular flexibility index (Phi) is 3.83. The summed E-state index contributed by atoms with van der Waals surface area (Å²) in [5.74, 6) is 5.10. The fourth-order valence-electron chi connectivity index (χ4n) is 5.72. The fraction of sp³-hybridized carbons (Fsp3) is 1.00. The molecule has 0 radical (unpaired) electrons. The third-order valence-corrected chi connectivity index (χ3v) is 7.18. The average molecular weight is 276 g/mol. The summed E-state index contributed by atoms with van der Waals surface area (Å²) >= 11 is 0. The largest absolute Gasteiger partial charge is 0.374 e. The van der Waals surface area contributed by atoms with Gasteiger partial charge < -0.3 is 4.74 Å². The van der Waals surface area contributed by atoms with Gasteiger partial charge in [0, 0.05) is 6.42 Å². The molecule has 2 aliphatic heterocycles. The molecule has 5 aliphatic rings. The zero-order valence-electron chi connectivity index (χ0n) is 13.2. The predicted molar refractivity (Wildman–Crippen MR) is 82.6 cm³/mol. The minimum Gasteiger partial charge on any atom is -0.374 e. The van der Waals surface area contributed by atoms with E-state index in [1.54, 1.807) is 0 Å². The molecule has 2 saturated heterocycles. The number of hydrogen-bond acceptors (Lipinski definition) is 1. The molecule has 0 aromatic rings. The van der Waals surface area contributed by atoms with Crippen LogP contribution in [0.4, 0.5) is 0 Å². The van der Waals surface area contributed by atoms with Gasteiger partial charge >= 0.3 is 0 Å². The van der Waals surface area contributed by atoms with Crippen LogP contribution in [0.25, 0.3) is 0 Å². The Labute approximate surface area is 124 Å². The normalized spacial score (nSPS) is 51.1. The van der Waals surface area contributed by atoms with Gasteiger partial charge in [-0.3, -0.25) is 0 Å². The van der Waals surface area contributed by atoms with E-state index in [1.165, 1.54) is 70.6 Å². The van der Waals surface area contributed by atoms with Crippen LogP contribution in [0.2, 0.25) is 0 Å². The van der Waals surface area contributed by atoms with Crippen LogP contribution >= 0.6 is 0 Å². The van der Waals surface area contributed by atoms with Crippen molar-refractivity contribution in [1.82, 2.24) is 0 Å². The Morgan fingerprint density at radius 1 is 0.800 bits per heavy atom. The van der Waals surface area contributed by atoms with Gasteiger partial charge in [-0.25, -0.2) is 0 Å². The molecule has 5 rings (SSSR count). The Hall–Kier alpha value is -0.0400. The second kappa shape index (κ2) is 5.63. The highest BCUT2D eigenvalue weighted by atomic mass is 16.5. The third-order valence-electron chi connectivity index (χ3n) is 7.18. The lowest BCUT2D eigenvalue weighted by molar-refractivity contribution is -0.216. The molecular weight excluding hydrogens is 244 g/mol. The quantitative estimate of drug-likeness (QED) is 0.689. The fourth-order valence-corrected chi connectivity index (χ4v) is 5.72. The molecule has 0 aromatic heterocycles. The lowest BCUT2D eigenvalue weighted by atomic mass is 9.62. The van der Waals surface area contributed by atoms with E-state index in [1.807, 2.05) is 0 Å². The predicted octanol–water partition coefficient (Wildman–Crippen LogP) is 5.19. The van der Waals surface area contributed by atoms with Gasteiger partial charge in [-0.2, -0.15) is 0 Å². The first-order valence-corrected chi connectivity index (χ1v) is 9.43. The van der Waals surface area contributed by atoms with Crippen molar-refractivity contribution in [2.75, 3.05) is 0 Å². The topological polar surface area (TPSA) is 9.23 Å². The van der Waals surface area contributed by atoms with Gasteiger partial charge in [-0.15, -0.1) is 0 Å². The molecule has 114 valence electrons. The van der Waals surface area contributed by atoms with E-state index in [0.717, 1.165) is 29.6 Å². The molecule has 5 fully saturated rings. The van der Waals surface area contributed by atoms with Gasteiger partial charge in [0.05, 0.1) is 12.2 Å². The molecule has 0 spiro atoms. The monoisotopic (exact) mass is 276 g/mol. The molecule has 2 heterocycles. The molecule has 20 heavy (non-hydrogen) atoms. The van der Waals surface area contributed by atoms with Crippen LogP contribution in [-0.2, 0) is 4.74 Å². The van der Waals surface area contributed by atoms with Crippen LogP contribution in [0.1, 0.15) is 77.6 Å². The Morgan fingerprint density at radius 3 is 2.30 bits per heavy atom. The van der Waals surface area contributed by atoms with Crippen LogP contribution in [0, 0.1) is 29.6 Å². The summed E-state index contributed by atoms with van der Waals surface area (Å²) in [6, 6.07) is 0. The van der Waals surface area contributed by atoms with Crippen molar-refractivity contribution in [3.05, 3.63) is 0 Å². The van der Waals surface area contributed by atoms with Crippen LogP contribution < -0.4 is 0 Å². The molecule has 0 N–H and O–H groups in total. The van der Waals surface area contributed by atoms with Gasteiger partial charge in [0.2, 0.25) is 0 Å². The van der Waals surface area contributed by atoms with E-state index in [0.29, 0.717) is 12.2 Å². The molecule has 0 aromatic carbocycles. The van der Waals surface area contributed by atoms with Gasteiger partial charge in [0.15, 0.2) is 0 Å². The first kappa shape index (κ1) is 13.6. The summed E-state index contributed by atoms with van der Waals surface area (Å²) in [5, 5.41) is 0. The van der Waals surface area contributed by atoms with Crippen molar-refractivity contribution < 1.29 is 4.74 Å². The molecule has 1 heteroatoms. The van der Waals surface area contributed by atoms with Crippen molar-refractivity contribution in [2.24, 2.45) is 29.6 Å². The summed E-state index contributed by atoms with van der Waals surface area (Å²) in [6.45, 7) is 2.44. The lowest BCUT2D eigenvalue weighted by Crippen LogP contribution is -2.53. The maximum absolute atomic E-state index is 6.00. The summed E-state index contributed by atoms with van der Waals surface area (Å²) in [4.78, 5) is 0. The highest BCUT2D eigenvalue weighted by molar-refractivity contribution is 4.97. The van der Waals surface area contributed by atoms with Crippen molar-refractivity contribution >= 4 is 0 Å². The summed E-state index contributed by atoms with van der Waals surface area (Å²) in [6.07, 6.45) is 17.8. The molecule has 5 atom stereocenters. The average Bonchev–Trinajstić information content (AvgIpc) is 2.45. The second-order valence-corrected chi connectivity index (χ2v) is 8.57. The maximum Gasteiger partial charge on any atom is 0.0634 e. The summed E-state index contributed by atoms with van der Waals surface area (Å²) in [5.41, 5.74) is 0. The lowest BCUT2D eigenvalue weighted by Gasteiger charge is -2.54. The zero-order chi connectivity index (χ0) is 13.5. The third kappa shape index (κ3) is 2.67. The van der Waals surface area contributed by atoms with Crippen LogP contribution in [0.3, 0.4) is 0 Å². The van der Waals surface area contributed by atoms with E-state index in [4.69, 9.17) is 4.74 Å². The van der Waals surface area contributed by atoms with Gasteiger partial charge in [0.1, 0.15) is 0 Å². The minimum atomic E-state index is 0.669. The molecule has 0 amide bonds. The number of ether oxygens (including phenoxy) is 1. The summed E-state index contributed by atoms with van der Waals surface area (Å²) in [7, 11) is 0. The first-order valence-electron chi connectivity index (χ1n) is 9.43. The first-order chi connectivity index (χ1) is 9.78. The van der Waals surface area contributed by atoms with E-state index in [-0.39, 0.29) is 0 Å². The molecule has 1 nitrogen and oxygen atoms in total. The second-order valence-electron chi connectivity index (χ2n) is 8.57.